The number of carbonyl (C=O) groups excluding carboxylic acids is 1. The molecule has 2 aliphatic rings. The molecule has 0 saturated carbocycles. The number of H-pyrrole nitrogens is 1. The van der Waals surface area contributed by atoms with Gasteiger partial charge in [-0.05, 0) is 57.1 Å². The molecule has 24 heavy (non-hydrogen) atoms. The molecule has 2 aromatic rings. The molecular formula is C17H22ClN3O2S. The molecule has 4 rings (SSSR count). The highest BCUT2D eigenvalue weighted by Gasteiger charge is 2.36. The Morgan fingerprint density at radius 1 is 1.33 bits per heavy atom. The lowest BCUT2D eigenvalue weighted by molar-refractivity contribution is 0.0463. The van der Waals surface area contributed by atoms with Crippen molar-refractivity contribution in [2.45, 2.75) is 50.2 Å². The van der Waals surface area contributed by atoms with Crippen molar-refractivity contribution in [3.8, 4) is 0 Å². The molecule has 2 N–H and O–H groups in total. The first kappa shape index (κ1) is 17.5. The molecule has 1 aromatic carbocycles. The Kier molecular flexibility index (Phi) is 4.99. The molecule has 2 atom stereocenters. The summed E-state index contributed by atoms with van der Waals surface area (Å²) in [6.07, 6.45) is 5.87. The second-order valence-corrected chi connectivity index (χ2v) is 7.11. The molecule has 2 unspecified atom stereocenters. The Morgan fingerprint density at radius 2 is 2.04 bits per heavy atom. The van der Waals surface area contributed by atoms with Gasteiger partial charge in [-0.3, -0.25) is 4.79 Å². The van der Waals surface area contributed by atoms with Crippen LogP contribution in [0.5, 0.6) is 0 Å². The summed E-state index contributed by atoms with van der Waals surface area (Å²) in [7, 11) is 2.22. The summed E-state index contributed by atoms with van der Waals surface area (Å²) in [6, 6.07) is 6.91. The minimum atomic E-state index is -0.0460. The van der Waals surface area contributed by atoms with Crippen molar-refractivity contribution >= 4 is 41.6 Å². The van der Waals surface area contributed by atoms with Gasteiger partial charge in [-0.1, -0.05) is 12.5 Å². The SMILES string of the molecule is CN1C2CCCC1CC(NC(=O)c1cccc3oc(=S)[nH]c13)C2.Cl. The van der Waals surface area contributed by atoms with Gasteiger partial charge in [0.15, 0.2) is 5.58 Å². The number of hydrogen-bond acceptors (Lipinski definition) is 4. The standard InChI is InChI=1S/C17H21N3O2S.ClH/c1-20-11-4-2-5-12(20)9-10(8-11)18-16(21)13-6-3-7-14-15(13)19-17(23)22-14;/h3,6-7,10-12H,2,4-5,8-9H2,1H3,(H,18,21)(H,19,23);1H. The van der Waals surface area contributed by atoms with Crippen molar-refractivity contribution in [2.75, 3.05) is 7.05 Å². The Labute approximate surface area is 152 Å². The number of nitrogens with one attached hydrogen (secondary N) is 2. The molecule has 2 saturated heterocycles. The van der Waals surface area contributed by atoms with Gasteiger partial charge < -0.3 is 19.6 Å². The second kappa shape index (κ2) is 6.86. The van der Waals surface area contributed by atoms with E-state index in [2.05, 4.69) is 22.2 Å². The average molecular weight is 368 g/mol. The van der Waals surface area contributed by atoms with Crippen LogP contribution in [-0.2, 0) is 0 Å². The summed E-state index contributed by atoms with van der Waals surface area (Å²) in [4.78, 5) is 18.5. The first-order valence-corrected chi connectivity index (χ1v) is 8.67. The lowest BCUT2D eigenvalue weighted by Gasteiger charge is -2.47. The molecule has 1 amide bonds. The quantitative estimate of drug-likeness (QED) is 0.795. The summed E-state index contributed by atoms with van der Waals surface area (Å²) in [6.45, 7) is 0. The lowest BCUT2D eigenvalue weighted by atomic mass is 9.82. The van der Waals surface area contributed by atoms with E-state index in [1.807, 2.05) is 18.2 Å². The van der Waals surface area contributed by atoms with E-state index in [0.717, 1.165) is 12.8 Å². The van der Waals surface area contributed by atoms with Gasteiger partial charge in [-0.15, -0.1) is 12.4 Å². The zero-order valence-corrected chi connectivity index (χ0v) is 15.2. The van der Waals surface area contributed by atoms with Crippen molar-refractivity contribution in [3.63, 3.8) is 0 Å². The maximum absolute atomic E-state index is 12.7. The highest BCUT2D eigenvalue weighted by atomic mass is 35.5. The van der Waals surface area contributed by atoms with Gasteiger partial charge in [-0.25, -0.2) is 0 Å². The molecule has 1 aromatic heterocycles. The number of nitrogens with zero attached hydrogens (tertiary/aromatic N) is 1. The van der Waals surface area contributed by atoms with Crippen LogP contribution in [0.2, 0.25) is 0 Å². The van der Waals surface area contributed by atoms with Crippen LogP contribution >= 0.6 is 24.6 Å². The van der Waals surface area contributed by atoms with E-state index in [-0.39, 0.29) is 24.4 Å². The molecule has 7 heteroatoms. The van der Waals surface area contributed by atoms with Crippen LogP contribution in [0.1, 0.15) is 42.5 Å². The van der Waals surface area contributed by atoms with Gasteiger partial charge in [0.2, 0.25) is 0 Å². The molecule has 0 spiro atoms. The molecule has 2 aliphatic heterocycles. The second-order valence-electron chi connectivity index (χ2n) is 6.74. The molecule has 3 heterocycles. The number of carbonyl (C=O) groups is 1. The first-order chi connectivity index (χ1) is 11.1. The number of benzene rings is 1. The third-order valence-electron chi connectivity index (χ3n) is 5.38. The summed E-state index contributed by atoms with van der Waals surface area (Å²) in [5.74, 6) is -0.0460. The first-order valence-electron chi connectivity index (χ1n) is 8.26. The van der Waals surface area contributed by atoms with E-state index in [4.69, 9.17) is 16.6 Å². The van der Waals surface area contributed by atoms with Gasteiger partial charge in [0.1, 0.15) is 0 Å². The Morgan fingerprint density at radius 3 is 2.75 bits per heavy atom. The molecule has 2 fully saturated rings. The maximum atomic E-state index is 12.7. The van der Waals surface area contributed by atoms with Crippen LogP contribution in [0.15, 0.2) is 22.6 Å². The molecular weight excluding hydrogens is 346 g/mol. The van der Waals surface area contributed by atoms with Gasteiger partial charge in [0.05, 0.1) is 11.1 Å². The normalized spacial score (nSPS) is 26.8. The van der Waals surface area contributed by atoms with Crippen molar-refractivity contribution in [1.82, 2.24) is 15.2 Å². The monoisotopic (exact) mass is 367 g/mol. The number of aromatic amines is 1. The zero-order valence-electron chi connectivity index (χ0n) is 13.6. The van der Waals surface area contributed by atoms with Crippen LogP contribution in [0.25, 0.3) is 11.1 Å². The van der Waals surface area contributed by atoms with E-state index < -0.39 is 0 Å². The number of aromatic nitrogens is 1. The predicted molar refractivity (Wildman–Crippen MR) is 98.3 cm³/mol. The topological polar surface area (TPSA) is 61.3 Å². The predicted octanol–water partition coefficient (Wildman–Crippen LogP) is 3.66. The Hall–Kier alpha value is -1.37. The number of oxazole rings is 1. The smallest absolute Gasteiger partial charge is 0.266 e. The third kappa shape index (κ3) is 3.10. The number of rotatable bonds is 2. The number of piperidine rings is 2. The number of para-hydroxylation sites is 1. The van der Waals surface area contributed by atoms with Gasteiger partial charge in [0.25, 0.3) is 10.7 Å². The van der Waals surface area contributed by atoms with E-state index in [9.17, 15) is 4.79 Å². The average Bonchev–Trinajstić information content (AvgIpc) is 2.88. The highest BCUT2D eigenvalue weighted by Crippen LogP contribution is 2.32. The molecule has 2 bridgehead atoms. The number of hydrogen-bond donors (Lipinski definition) is 2. The maximum Gasteiger partial charge on any atom is 0.266 e. The van der Waals surface area contributed by atoms with Gasteiger partial charge in [-0.2, -0.15) is 0 Å². The van der Waals surface area contributed by atoms with E-state index in [1.165, 1.54) is 19.3 Å². The Bertz CT molecular complexity index is 788. The van der Waals surface area contributed by atoms with Crippen LogP contribution in [0, 0.1) is 4.84 Å². The van der Waals surface area contributed by atoms with Crippen LogP contribution in [0.4, 0.5) is 0 Å². The number of halogens is 1. The molecule has 5 nitrogen and oxygen atoms in total. The summed E-state index contributed by atoms with van der Waals surface area (Å²) in [5, 5.41) is 3.22. The zero-order chi connectivity index (χ0) is 16.0. The van der Waals surface area contributed by atoms with Crippen LogP contribution < -0.4 is 5.32 Å². The fraction of sp³-hybridized carbons (Fsp3) is 0.529. The molecule has 130 valence electrons. The largest absolute Gasteiger partial charge is 0.429 e. The Balaban J connectivity index is 0.00000169. The minimum Gasteiger partial charge on any atom is -0.429 e. The van der Waals surface area contributed by atoms with Crippen molar-refractivity contribution in [2.24, 2.45) is 0 Å². The highest BCUT2D eigenvalue weighted by molar-refractivity contribution is 7.71. The third-order valence-corrected chi connectivity index (χ3v) is 5.56. The fourth-order valence-electron chi connectivity index (χ4n) is 4.16. The summed E-state index contributed by atoms with van der Waals surface area (Å²) < 4.78 is 5.40. The fourth-order valence-corrected chi connectivity index (χ4v) is 4.35. The van der Waals surface area contributed by atoms with Crippen LogP contribution in [0.3, 0.4) is 0 Å². The van der Waals surface area contributed by atoms with E-state index >= 15 is 0 Å². The minimum absolute atomic E-state index is 0. The summed E-state index contributed by atoms with van der Waals surface area (Å²) >= 11 is 5.03. The van der Waals surface area contributed by atoms with Gasteiger partial charge >= 0.3 is 0 Å². The molecule has 0 aliphatic carbocycles. The van der Waals surface area contributed by atoms with Crippen molar-refractivity contribution in [1.29, 1.82) is 0 Å². The molecule has 0 radical (unpaired) electrons. The van der Waals surface area contributed by atoms with Gasteiger partial charge in [0, 0.05) is 18.1 Å². The van der Waals surface area contributed by atoms with E-state index in [1.54, 1.807) is 0 Å². The lowest BCUT2D eigenvalue weighted by Crippen LogP contribution is -2.55. The number of amides is 1. The van der Waals surface area contributed by atoms with Crippen molar-refractivity contribution < 1.29 is 9.21 Å². The summed E-state index contributed by atoms with van der Waals surface area (Å²) in [5.41, 5.74) is 1.91. The van der Waals surface area contributed by atoms with Crippen molar-refractivity contribution in [3.05, 3.63) is 28.6 Å². The van der Waals surface area contributed by atoms with Crippen LogP contribution in [-0.4, -0.2) is 41.0 Å². The van der Waals surface area contributed by atoms with E-state index in [0.29, 0.717) is 33.6 Å². The number of fused-ring (bicyclic) bond motifs is 3.